The highest BCUT2D eigenvalue weighted by Gasteiger charge is 2.27. The number of hydrogen-bond acceptors (Lipinski definition) is 4. The highest BCUT2D eigenvalue weighted by atomic mass is 31.2. The van der Waals surface area contributed by atoms with E-state index in [9.17, 15) is 19.6 Å². The third-order valence-electron chi connectivity index (χ3n) is 3.58. The minimum absolute atomic E-state index is 0.0625. The lowest BCUT2D eigenvalue weighted by molar-refractivity contribution is 0.0955. The average Bonchev–Trinajstić information content (AvgIpc) is 2.48. The summed E-state index contributed by atoms with van der Waals surface area (Å²) in [6, 6.07) is 10.1. The summed E-state index contributed by atoms with van der Waals surface area (Å²) in [5.74, 6) is -1.41. The number of carbonyl (C=O) groups excluding carboxylic acids is 1. The van der Waals surface area contributed by atoms with Gasteiger partial charge in [-0.2, -0.15) is 0 Å². The lowest BCUT2D eigenvalue weighted by atomic mass is 9.87. The Morgan fingerprint density at radius 1 is 1.12 bits per heavy atom. The van der Waals surface area contributed by atoms with E-state index in [0.717, 1.165) is 0 Å². The molecule has 0 spiro atoms. The summed E-state index contributed by atoms with van der Waals surface area (Å²) in [5, 5.41) is 21.4. The summed E-state index contributed by atoms with van der Waals surface area (Å²) in [7, 11) is -4.64. The number of nitrogens with one attached hydrogen (secondary N) is 1. The molecule has 2 aromatic rings. The van der Waals surface area contributed by atoms with E-state index in [-0.39, 0.29) is 22.7 Å². The fourth-order valence-electron chi connectivity index (χ4n) is 2.50. The van der Waals surface area contributed by atoms with Crippen molar-refractivity contribution in [3.63, 3.8) is 0 Å². The molecule has 7 nitrogen and oxygen atoms in total. The van der Waals surface area contributed by atoms with Gasteiger partial charge in [-0.1, -0.05) is 25.1 Å². The summed E-state index contributed by atoms with van der Waals surface area (Å²) < 4.78 is 11.2. The highest BCUT2D eigenvalue weighted by molar-refractivity contribution is 7.53. The number of benzene rings is 2. The molecule has 128 valence electrons. The van der Waals surface area contributed by atoms with Crippen LogP contribution in [0.5, 0.6) is 11.5 Å². The Bertz CT molecular complexity index is 784. The monoisotopic (exact) mass is 351 g/mol. The van der Waals surface area contributed by atoms with Crippen LogP contribution in [0.4, 0.5) is 5.69 Å². The lowest BCUT2D eigenvalue weighted by Crippen LogP contribution is -2.14. The molecule has 0 saturated carbocycles. The van der Waals surface area contributed by atoms with Crippen LogP contribution < -0.4 is 5.09 Å². The van der Waals surface area contributed by atoms with Crippen LogP contribution in [-0.2, 0) is 4.57 Å². The van der Waals surface area contributed by atoms with Crippen LogP contribution in [0.1, 0.15) is 35.2 Å². The van der Waals surface area contributed by atoms with Gasteiger partial charge in [0, 0.05) is 5.92 Å². The van der Waals surface area contributed by atoms with E-state index in [1.165, 1.54) is 30.3 Å². The van der Waals surface area contributed by atoms with E-state index >= 15 is 0 Å². The Kier molecular flexibility index (Phi) is 5.29. The van der Waals surface area contributed by atoms with Crippen LogP contribution in [0.3, 0.4) is 0 Å². The van der Waals surface area contributed by atoms with Gasteiger partial charge in [0.15, 0.2) is 5.78 Å². The lowest BCUT2D eigenvalue weighted by Gasteiger charge is -2.18. The maximum atomic E-state index is 12.9. The molecule has 2 rings (SSSR count). The Morgan fingerprint density at radius 2 is 1.75 bits per heavy atom. The summed E-state index contributed by atoms with van der Waals surface area (Å²) in [6.45, 7) is 1.78. The van der Waals surface area contributed by atoms with Crippen LogP contribution in [-0.4, -0.2) is 25.8 Å². The molecule has 0 fully saturated rings. The molecule has 0 heterocycles. The van der Waals surface area contributed by atoms with E-state index in [1.807, 2.05) is 5.09 Å². The Balaban J connectivity index is 2.47. The van der Waals surface area contributed by atoms with Crippen LogP contribution in [0.25, 0.3) is 0 Å². The van der Waals surface area contributed by atoms with Gasteiger partial charge in [-0.15, -0.1) is 0 Å². The van der Waals surface area contributed by atoms with Gasteiger partial charge >= 0.3 is 7.75 Å². The fraction of sp³-hybridized carbons (Fsp3) is 0.188. The van der Waals surface area contributed by atoms with Crippen molar-refractivity contribution in [1.29, 1.82) is 0 Å². The summed E-state index contributed by atoms with van der Waals surface area (Å²) >= 11 is 0. The number of ketones is 1. The molecule has 0 radical (unpaired) electrons. The van der Waals surface area contributed by atoms with Crippen molar-refractivity contribution in [2.45, 2.75) is 19.3 Å². The van der Waals surface area contributed by atoms with E-state index in [4.69, 9.17) is 9.79 Å². The normalized spacial score (nSPS) is 12.6. The number of aromatic hydroxyl groups is 2. The molecule has 0 amide bonds. The van der Waals surface area contributed by atoms with Crippen LogP contribution in [0.2, 0.25) is 0 Å². The molecule has 0 aliphatic heterocycles. The third-order valence-corrected chi connectivity index (χ3v) is 4.11. The predicted molar refractivity (Wildman–Crippen MR) is 89.2 cm³/mol. The molecule has 8 heteroatoms. The summed E-state index contributed by atoms with van der Waals surface area (Å²) in [4.78, 5) is 31.1. The number of phenolic OH excluding ortho intramolecular Hbond substituents is 2. The topological polar surface area (TPSA) is 127 Å². The molecule has 5 N–H and O–H groups in total. The maximum Gasteiger partial charge on any atom is 0.427 e. The zero-order valence-electron chi connectivity index (χ0n) is 12.9. The first-order valence-electron chi connectivity index (χ1n) is 7.22. The second kappa shape index (κ2) is 7.05. The first kappa shape index (κ1) is 18.0. The van der Waals surface area contributed by atoms with Gasteiger partial charge in [0.2, 0.25) is 0 Å². The molecule has 1 unspecified atom stereocenters. The van der Waals surface area contributed by atoms with E-state index in [0.29, 0.717) is 12.0 Å². The molecule has 0 aromatic heterocycles. The van der Waals surface area contributed by atoms with Crippen molar-refractivity contribution in [2.24, 2.45) is 0 Å². The number of phenols is 2. The SMILES string of the molecule is CCC(C(=O)c1c(O)cccc1NP(=O)(O)O)c1ccc(O)cc1. The number of Topliss-reactive ketones (excluding diaryl/α,β-unsaturated/α-hetero) is 1. The van der Waals surface area contributed by atoms with Crippen molar-refractivity contribution < 1.29 is 29.4 Å². The number of rotatable bonds is 6. The highest BCUT2D eigenvalue weighted by Crippen LogP contribution is 2.40. The first-order valence-corrected chi connectivity index (χ1v) is 8.83. The second-order valence-electron chi connectivity index (χ2n) is 5.27. The maximum absolute atomic E-state index is 12.9. The number of carbonyl (C=O) groups is 1. The minimum Gasteiger partial charge on any atom is -0.508 e. The number of anilines is 1. The number of hydrogen-bond donors (Lipinski definition) is 5. The Labute approximate surface area is 138 Å². The van der Waals surface area contributed by atoms with Crippen molar-refractivity contribution >= 4 is 19.2 Å². The largest absolute Gasteiger partial charge is 0.508 e. The van der Waals surface area contributed by atoms with Gasteiger partial charge in [-0.25, -0.2) is 4.57 Å². The van der Waals surface area contributed by atoms with Gasteiger partial charge in [0.1, 0.15) is 11.5 Å². The van der Waals surface area contributed by atoms with Crippen molar-refractivity contribution in [3.05, 3.63) is 53.6 Å². The minimum atomic E-state index is -4.64. The standard InChI is InChI=1S/C16H18NO6P/c1-2-12(10-6-8-11(18)9-7-10)16(20)15-13(17-24(21,22)23)4-3-5-14(15)19/h3-9,12,18-19H,2H2,1H3,(H3,17,21,22,23). The van der Waals surface area contributed by atoms with Gasteiger partial charge in [-0.05, 0) is 36.2 Å². The fourth-order valence-corrected chi connectivity index (χ4v) is 3.00. The van der Waals surface area contributed by atoms with Crippen molar-refractivity contribution in [3.8, 4) is 11.5 Å². The first-order chi connectivity index (χ1) is 11.2. The molecule has 0 aliphatic rings. The molecule has 0 aliphatic carbocycles. The molecule has 0 bridgehead atoms. The molecular formula is C16H18NO6P. The zero-order chi connectivity index (χ0) is 17.9. The third kappa shape index (κ3) is 4.14. The van der Waals surface area contributed by atoms with Crippen LogP contribution >= 0.6 is 7.75 Å². The van der Waals surface area contributed by atoms with Gasteiger partial charge in [-0.3, -0.25) is 9.88 Å². The van der Waals surface area contributed by atoms with E-state index in [1.54, 1.807) is 19.1 Å². The van der Waals surface area contributed by atoms with Crippen molar-refractivity contribution in [2.75, 3.05) is 5.09 Å². The van der Waals surface area contributed by atoms with Crippen LogP contribution in [0, 0.1) is 0 Å². The molecular weight excluding hydrogens is 333 g/mol. The quantitative estimate of drug-likeness (QED) is 0.400. The molecule has 24 heavy (non-hydrogen) atoms. The van der Waals surface area contributed by atoms with Gasteiger partial charge < -0.3 is 20.0 Å². The molecule has 2 aromatic carbocycles. The van der Waals surface area contributed by atoms with Crippen LogP contribution in [0.15, 0.2) is 42.5 Å². The van der Waals surface area contributed by atoms with E-state index in [2.05, 4.69) is 0 Å². The van der Waals surface area contributed by atoms with Gasteiger partial charge in [0.25, 0.3) is 0 Å². The molecule has 1 atom stereocenters. The Morgan fingerprint density at radius 3 is 2.29 bits per heavy atom. The Hall–Kier alpha value is -2.34. The summed E-state index contributed by atoms with van der Waals surface area (Å²) in [6.07, 6.45) is 0.410. The summed E-state index contributed by atoms with van der Waals surface area (Å²) in [5.41, 5.74) is 0.317. The predicted octanol–water partition coefficient (Wildman–Crippen LogP) is 2.98. The average molecular weight is 351 g/mol. The van der Waals surface area contributed by atoms with E-state index < -0.39 is 19.4 Å². The second-order valence-corrected chi connectivity index (χ2v) is 6.58. The molecule has 0 saturated heterocycles. The zero-order valence-corrected chi connectivity index (χ0v) is 13.8. The van der Waals surface area contributed by atoms with Crippen molar-refractivity contribution in [1.82, 2.24) is 0 Å². The smallest absolute Gasteiger partial charge is 0.427 e. The van der Waals surface area contributed by atoms with Gasteiger partial charge in [0.05, 0.1) is 11.3 Å².